The highest BCUT2D eigenvalue weighted by molar-refractivity contribution is 6.00. The van der Waals surface area contributed by atoms with Gasteiger partial charge in [0.25, 0.3) is 0 Å². The molecule has 3 aliphatic rings. The lowest BCUT2D eigenvalue weighted by molar-refractivity contribution is 0.0944. The predicted molar refractivity (Wildman–Crippen MR) is 73.2 cm³/mol. The van der Waals surface area contributed by atoms with Gasteiger partial charge in [-0.1, -0.05) is 12.1 Å². The van der Waals surface area contributed by atoms with Gasteiger partial charge in [0.2, 0.25) is 0 Å². The maximum absolute atomic E-state index is 12.6. The van der Waals surface area contributed by atoms with E-state index < -0.39 is 0 Å². The van der Waals surface area contributed by atoms with Gasteiger partial charge in [-0.15, -0.1) is 0 Å². The summed E-state index contributed by atoms with van der Waals surface area (Å²) in [5.41, 5.74) is 0.852. The minimum atomic E-state index is 0.336. The molecule has 3 saturated carbocycles. The Kier molecular flexibility index (Phi) is 2.48. The number of benzene rings is 1. The first-order valence-corrected chi connectivity index (χ1v) is 7.56. The van der Waals surface area contributed by atoms with Crippen molar-refractivity contribution in [2.75, 3.05) is 6.61 Å². The highest BCUT2D eigenvalue weighted by Crippen LogP contribution is 2.69. The maximum Gasteiger partial charge on any atom is 0.166 e. The number of Topliss-reactive ketones (excluding diaryl/α,β-unsaturated/α-hetero) is 1. The third kappa shape index (κ3) is 1.65. The van der Waals surface area contributed by atoms with Crippen molar-refractivity contribution < 1.29 is 9.53 Å². The van der Waals surface area contributed by atoms with Gasteiger partial charge in [-0.3, -0.25) is 4.79 Å². The van der Waals surface area contributed by atoms with Gasteiger partial charge >= 0.3 is 0 Å². The molecule has 2 heteroatoms. The van der Waals surface area contributed by atoms with Crippen LogP contribution in [0.4, 0.5) is 0 Å². The second-order valence-electron chi connectivity index (χ2n) is 6.34. The zero-order valence-electron chi connectivity index (χ0n) is 11.3. The third-order valence-corrected chi connectivity index (χ3v) is 5.47. The van der Waals surface area contributed by atoms with Gasteiger partial charge in [0.1, 0.15) is 5.75 Å². The van der Waals surface area contributed by atoms with E-state index >= 15 is 0 Å². The van der Waals surface area contributed by atoms with Crippen LogP contribution in [0.5, 0.6) is 5.75 Å². The van der Waals surface area contributed by atoms with Gasteiger partial charge in [-0.2, -0.15) is 0 Å². The smallest absolute Gasteiger partial charge is 0.166 e. The van der Waals surface area contributed by atoms with Crippen molar-refractivity contribution in [1.82, 2.24) is 0 Å². The van der Waals surface area contributed by atoms with Crippen LogP contribution in [0.3, 0.4) is 0 Å². The van der Waals surface area contributed by atoms with E-state index in [-0.39, 0.29) is 0 Å². The van der Waals surface area contributed by atoms with Gasteiger partial charge in [0, 0.05) is 11.5 Å². The fraction of sp³-hybridized carbons (Fsp3) is 0.588. The van der Waals surface area contributed by atoms with Crippen LogP contribution in [-0.4, -0.2) is 12.4 Å². The van der Waals surface area contributed by atoms with Gasteiger partial charge in [-0.05, 0) is 62.0 Å². The van der Waals surface area contributed by atoms with Crippen molar-refractivity contribution in [3.05, 3.63) is 29.8 Å². The molecule has 0 aromatic heterocycles. The summed E-state index contributed by atoms with van der Waals surface area (Å²) in [5.74, 6) is 4.69. The van der Waals surface area contributed by atoms with Gasteiger partial charge in [0.05, 0.1) is 6.61 Å². The molecule has 0 amide bonds. The molecule has 4 rings (SSSR count). The van der Waals surface area contributed by atoms with E-state index in [9.17, 15) is 4.79 Å². The van der Waals surface area contributed by atoms with Crippen LogP contribution < -0.4 is 4.74 Å². The second-order valence-corrected chi connectivity index (χ2v) is 6.34. The van der Waals surface area contributed by atoms with Crippen LogP contribution >= 0.6 is 0 Å². The Morgan fingerprint density at radius 2 is 2.00 bits per heavy atom. The van der Waals surface area contributed by atoms with Crippen LogP contribution in [0.15, 0.2) is 24.3 Å². The summed E-state index contributed by atoms with van der Waals surface area (Å²) < 4.78 is 5.49. The SMILES string of the molecule is CCOc1cccc(C(=O)C2C3C4CCC(C4)C23)c1. The highest BCUT2D eigenvalue weighted by atomic mass is 16.5. The third-order valence-electron chi connectivity index (χ3n) is 5.47. The molecule has 0 saturated heterocycles. The largest absolute Gasteiger partial charge is 0.494 e. The quantitative estimate of drug-likeness (QED) is 0.770. The van der Waals surface area contributed by atoms with E-state index in [4.69, 9.17) is 4.74 Å². The molecule has 100 valence electrons. The minimum absolute atomic E-state index is 0.336. The van der Waals surface area contributed by atoms with Crippen LogP contribution in [0.25, 0.3) is 0 Å². The van der Waals surface area contributed by atoms with Crippen LogP contribution in [0.1, 0.15) is 36.5 Å². The lowest BCUT2D eigenvalue weighted by Crippen LogP contribution is -2.10. The topological polar surface area (TPSA) is 26.3 Å². The number of carbonyl (C=O) groups is 1. The van der Waals surface area contributed by atoms with Gasteiger partial charge < -0.3 is 4.74 Å². The first-order valence-electron chi connectivity index (χ1n) is 7.56. The summed E-state index contributed by atoms with van der Waals surface area (Å²) in [4.78, 5) is 12.6. The minimum Gasteiger partial charge on any atom is -0.494 e. The molecular weight excluding hydrogens is 236 g/mol. The molecule has 3 aliphatic carbocycles. The zero-order valence-corrected chi connectivity index (χ0v) is 11.3. The van der Waals surface area contributed by atoms with Crippen molar-refractivity contribution in [2.24, 2.45) is 29.6 Å². The van der Waals surface area contributed by atoms with Gasteiger partial charge in [0.15, 0.2) is 5.78 Å². The summed E-state index contributed by atoms with van der Waals surface area (Å²) in [5, 5.41) is 0. The van der Waals surface area contributed by atoms with Crippen LogP contribution in [0.2, 0.25) is 0 Å². The predicted octanol–water partition coefficient (Wildman–Crippen LogP) is 3.56. The van der Waals surface area contributed by atoms with Crippen LogP contribution in [-0.2, 0) is 0 Å². The van der Waals surface area contributed by atoms with Crippen molar-refractivity contribution in [3.8, 4) is 5.75 Å². The van der Waals surface area contributed by atoms with Crippen molar-refractivity contribution >= 4 is 5.78 Å². The molecule has 0 aliphatic heterocycles. The van der Waals surface area contributed by atoms with Crippen molar-refractivity contribution in [3.63, 3.8) is 0 Å². The normalized spacial score (nSPS) is 38.1. The first-order chi connectivity index (χ1) is 9.29. The number of ether oxygens (including phenoxy) is 1. The molecule has 19 heavy (non-hydrogen) atoms. The summed E-state index contributed by atoms with van der Waals surface area (Å²) in [6, 6.07) is 7.73. The summed E-state index contributed by atoms with van der Waals surface area (Å²) in [6.07, 6.45) is 4.14. The maximum atomic E-state index is 12.6. The standard InChI is InChI=1S/C17H20O2/c1-2-19-13-5-3-4-12(9-13)17(18)16-14-10-6-7-11(8-10)15(14)16/h3-5,9-11,14-16H,2,6-8H2,1H3. The average molecular weight is 256 g/mol. The molecule has 3 fully saturated rings. The molecule has 1 aromatic rings. The van der Waals surface area contributed by atoms with E-state index in [0.717, 1.165) is 35.0 Å². The fourth-order valence-electron chi connectivity index (χ4n) is 4.77. The van der Waals surface area contributed by atoms with Crippen LogP contribution in [0, 0.1) is 29.6 Å². The number of fused-ring (bicyclic) bond motifs is 5. The fourth-order valence-corrected chi connectivity index (χ4v) is 4.77. The zero-order chi connectivity index (χ0) is 13.0. The van der Waals surface area contributed by atoms with E-state index in [1.165, 1.54) is 19.3 Å². The van der Waals surface area contributed by atoms with E-state index in [0.29, 0.717) is 18.3 Å². The number of hydrogen-bond donors (Lipinski definition) is 0. The lowest BCUT2D eigenvalue weighted by atomic mass is 9.96. The summed E-state index contributed by atoms with van der Waals surface area (Å²) in [6.45, 7) is 2.62. The Balaban J connectivity index is 1.54. The van der Waals surface area contributed by atoms with Crippen molar-refractivity contribution in [1.29, 1.82) is 0 Å². The average Bonchev–Trinajstić information content (AvgIpc) is 2.86. The molecule has 1 aromatic carbocycles. The first kappa shape index (κ1) is 11.5. The lowest BCUT2D eigenvalue weighted by Gasteiger charge is -2.09. The molecule has 2 nitrogen and oxygen atoms in total. The second kappa shape index (κ2) is 4.09. The summed E-state index contributed by atoms with van der Waals surface area (Å²) >= 11 is 0. The molecule has 2 bridgehead atoms. The van der Waals surface area contributed by atoms with E-state index in [1.54, 1.807) is 0 Å². The Labute approximate surface area is 114 Å². The Hall–Kier alpha value is -1.31. The van der Waals surface area contributed by atoms with Gasteiger partial charge in [-0.25, -0.2) is 0 Å². The Morgan fingerprint density at radius 3 is 2.68 bits per heavy atom. The van der Waals surface area contributed by atoms with E-state index in [2.05, 4.69) is 0 Å². The molecule has 0 spiro atoms. The number of rotatable bonds is 4. The molecule has 0 heterocycles. The number of carbonyl (C=O) groups excluding carboxylic acids is 1. The van der Waals surface area contributed by atoms with E-state index in [1.807, 2.05) is 31.2 Å². The molecule has 0 N–H and O–H groups in total. The Morgan fingerprint density at radius 1 is 1.26 bits per heavy atom. The molecule has 4 unspecified atom stereocenters. The molecular formula is C17H20O2. The monoisotopic (exact) mass is 256 g/mol. The highest BCUT2D eigenvalue weighted by Gasteiger charge is 2.67. The molecule has 4 atom stereocenters. The molecule has 0 radical (unpaired) electrons. The Bertz CT molecular complexity index is 506. The van der Waals surface area contributed by atoms with Crippen molar-refractivity contribution in [2.45, 2.75) is 26.2 Å². The number of ketones is 1. The number of hydrogen-bond acceptors (Lipinski definition) is 2. The summed E-state index contributed by atoms with van der Waals surface area (Å²) in [7, 11) is 0.